The second-order valence-corrected chi connectivity index (χ2v) is 4.84. The maximum Gasteiger partial charge on any atom is 0.416 e. The zero-order valence-corrected chi connectivity index (χ0v) is 12.0. The van der Waals surface area contributed by atoms with E-state index in [-0.39, 0.29) is 5.69 Å². The van der Waals surface area contributed by atoms with Gasteiger partial charge in [0.15, 0.2) is 6.29 Å². The summed E-state index contributed by atoms with van der Waals surface area (Å²) in [6.45, 7) is 0. The van der Waals surface area contributed by atoms with Gasteiger partial charge in [0.05, 0.1) is 23.9 Å². The van der Waals surface area contributed by atoms with Crippen LogP contribution in [0.4, 0.5) is 13.2 Å². The molecule has 0 unspecified atom stereocenters. The molecule has 7 heteroatoms. The van der Waals surface area contributed by atoms with Crippen molar-refractivity contribution in [3.8, 4) is 11.4 Å². The van der Waals surface area contributed by atoms with Crippen LogP contribution in [-0.4, -0.2) is 23.2 Å². The van der Waals surface area contributed by atoms with Gasteiger partial charge in [-0.3, -0.25) is 4.79 Å². The quantitative estimate of drug-likeness (QED) is 0.688. The topological polar surface area (TPSA) is 44.1 Å². The molecule has 23 heavy (non-hydrogen) atoms. The number of hydrogen-bond acceptors (Lipinski definition) is 3. The lowest BCUT2D eigenvalue weighted by atomic mass is 10.2. The monoisotopic (exact) mass is 320 g/mol. The summed E-state index contributed by atoms with van der Waals surface area (Å²) in [6.07, 6.45) is -3.79. The van der Waals surface area contributed by atoms with Gasteiger partial charge in [-0.25, -0.2) is 4.68 Å². The molecule has 0 aliphatic rings. The maximum absolute atomic E-state index is 12.6. The highest BCUT2D eigenvalue weighted by atomic mass is 19.4. The van der Waals surface area contributed by atoms with E-state index < -0.39 is 11.7 Å². The summed E-state index contributed by atoms with van der Waals surface area (Å²) in [6, 6.07) is 9.62. The van der Waals surface area contributed by atoms with E-state index in [0.717, 1.165) is 12.1 Å². The Kier molecular flexibility index (Phi) is 3.55. The van der Waals surface area contributed by atoms with Crippen molar-refractivity contribution in [2.45, 2.75) is 6.18 Å². The molecular weight excluding hydrogens is 309 g/mol. The minimum Gasteiger partial charge on any atom is -0.497 e. The van der Waals surface area contributed by atoms with Gasteiger partial charge in [-0.1, -0.05) is 0 Å². The number of fused-ring (bicyclic) bond motifs is 1. The van der Waals surface area contributed by atoms with Crippen LogP contribution in [0, 0.1) is 0 Å². The number of hydrogen-bond donors (Lipinski definition) is 0. The number of rotatable bonds is 3. The van der Waals surface area contributed by atoms with Crippen LogP contribution in [0.1, 0.15) is 16.1 Å². The van der Waals surface area contributed by atoms with Gasteiger partial charge in [0.2, 0.25) is 0 Å². The average molecular weight is 320 g/mol. The molecule has 0 saturated carbocycles. The van der Waals surface area contributed by atoms with E-state index in [0.29, 0.717) is 28.6 Å². The normalized spacial score (nSPS) is 11.7. The molecule has 0 saturated heterocycles. The smallest absolute Gasteiger partial charge is 0.416 e. The summed E-state index contributed by atoms with van der Waals surface area (Å²) in [7, 11) is 1.50. The minimum atomic E-state index is -4.40. The summed E-state index contributed by atoms with van der Waals surface area (Å²) < 4.78 is 44.5. The predicted molar refractivity (Wildman–Crippen MR) is 78.0 cm³/mol. The Morgan fingerprint density at radius 2 is 1.83 bits per heavy atom. The van der Waals surface area contributed by atoms with Crippen LogP contribution in [0.2, 0.25) is 0 Å². The fourth-order valence-corrected chi connectivity index (χ4v) is 2.32. The van der Waals surface area contributed by atoms with Crippen LogP contribution < -0.4 is 4.74 Å². The molecule has 0 atom stereocenters. The van der Waals surface area contributed by atoms with Crippen molar-refractivity contribution in [1.29, 1.82) is 0 Å². The summed E-state index contributed by atoms with van der Waals surface area (Å²) in [4.78, 5) is 11.1. The SMILES string of the molecule is COc1ccc2c(C=O)nn(-c3ccc(C(F)(F)F)cc3)c2c1. The molecule has 4 nitrogen and oxygen atoms in total. The Hall–Kier alpha value is -2.83. The number of aldehydes is 1. The molecule has 0 aliphatic heterocycles. The average Bonchev–Trinajstić information content (AvgIpc) is 2.92. The first-order valence-corrected chi connectivity index (χ1v) is 6.63. The van der Waals surface area contributed by atoms with Gasteiger partial charge in [-0.15, -0.1) is 0 Å². The van der Waals surface area contributed by atoms with Crippen molar-refractivity contribution < 1.29 is 22.7 Å². The molecular formula is C16H11F3N2O2. The van der Waals surface area contributed by atoms with Crippen LogP contribution in [0.25, 0.3) is 16.6 Å². The number of nitrogens with zero attached hydrogens (tertiary/aromatic N) is 2. The standard InChI is InChI=1S/C16H11F3N2O2/c1-23-12-6-7-13-14(9-22)20-21(15(13)8-12)11-4-2-10(3-5-11)16(17,18)19/h2-9H,1H3. The highest BCUT2D eigenvalue weighted by molar-refractivity contribution is 5.96. The fraction of sp³-hybridized carbons (Fsp3) is 0.125. The van der Waals surface area contributed by atoms with E-state index in [4.69, 9.17) is 4.74 Å². The third-order valence-corrected chi connectivity index (χ3v) is 3.47. The number of carbonyl (C=O) groups excluding carboxylic acids is 1. The molecule has 0 amide bonds. The van der Waals surface area contributed by atoms with E-state index in [1.807, 2.05) is 0 Å². The first-order valence-electron chi connectivity index (χ1n) is 6.63. The third-order valence-electron chi connectivity index (χ3n) is 3.47. The van der Waals surface area contributed by atoms with Gasteiger partial charge in [0.1, 0.15) is 11.4 Å². The van der Waals surface area contributed by atoms with E-state index >= 15 is 0 Å². The Bertz CT molecular complexity index is 867. The van der Waals surface area contributed by atoms with Gasteiger partial charge in [-0.05, 0) is 36.4 Å². The van der Waals surface area contributed by atoms with Crippen molar-refractivity contribution >= 4 is 17.2 Å². The molecule has 3 aromatic rings. The van der Waals surface area contributed by atoms with Crippen molar-refractivity contribution in [2.75, 3.05) is 7.11 Å². The largest absolute Gasteiger partial charge is 0.497 e. The van der Waals surface area contributed by atoms with Gasteiger partial charge in [0, 0.05) is 11.5 Å². The van der Waals surface area contributed by atoms with Gasteiger partial charge in [-0.2, -0.15) is 18.3 Å². The molecule has 0 aliphatic carbocycles. The third kappa shape index (κ3) is 2.65. The summed E-state index contributed by atoms with van der Waals surface area (Å²) in [5, 5.41) is 4.75. The van der Waals surface area contributed by atoms with Crippen molar-refractivity contribution in [3.63, 3.8) is 0 Å². The molecule has 118 valence electrons. The number of aromatic nitrogens is 2. The van der Waals surface area contributed by atoms with Crippen molar-refractivity contribution in [1.82, 2.24) is 9.78 Å². The number of halogens is 3. The summed E-state index contributed by atoms with van der Waals surface area (Å²) >= 11 is 0. The minimum absolute atomic E-state index is 0.211. The molecule has 1 heterocycles. The Balaban J connectivity index is 2.17. The van der Waals surface area contributed by atoms with Crippen LogP contribution in [0.5, 0.6) is 5.75 Å². The number of methoxy groups -OCH3 is 1. The lowest BCUT2D eigenvalue weighted by Gasteiger charge is -2.08. The first-order chi connectivity index (χ1) is 10.9. The van der Waals surface area contributed by atoms with Gasteiger partial charge >= 0.3 is 6.18 Å². The molecule has 1 aromatic heterocycles. The first kappa shape index (κ1) is 15.1. The zero-order chi connectivity index (χ0) is 16.6. The fourth-order valence-electron chi connectivity index (χ4n) is 2.32. The van der Waals surface area contributed by atoms with Crippen LogP contribution in [-0.2, 0) is 6.18 Å². The zero-order valence-electron chi connectivity index (χ0n) is 12.0. The molecule has 0 bridgehead atoms. The second kappa shape index (κ2) is 5.42. The van der Waals surface area contributed by atoms with E-state index in [9.17, 15) is 18.0 Å². The van der Waals surface area contributed by atoms with E-state index in [1.165, 1.54) is 23.9 Å². The lowest BCUT2D eigenvalue weighted by Crippen LogP contribution is -2.05. The number of carbonyl (C=O) groups is 1. The molecule has 0 spiro atoms. The molecule has 0 N–H and O–H groups in total. The molecule has 0 fully saturated rings. The second-order valence-electron chi connectivity index (χ2n) is 4.84. The highest BCUT2D eigenvalue weighted by Gasteiger charge is 2.30. The molecule has 3 rings (SSSR count). The lowest BCUT2D eigenvalue weighted by molar-refractivity contribution is -0.137. The number of ether oxygens (including phenoxy) is 1. The summed E-state index contributed by atoms with van der Waals surface area (Å²) in [5.74, 6) is 0.558. The Morgan fingerprint density at radius 1 is 1.13 bits per heavy atom. The molecule has 0 radical (unpaired) electrons. The maximum atomic E-state index is 12.6. The van der Waals surface area contributed by atoms with Crippen molar-refractivity contribution in [2.24, 2.45) is 0 Å². The highest BCUT2D eigenvalue weighted by Crippen LogP contribution is 2.31. The Labute approximate surface area is 129 Å². The van der Waals surface area contributed by atoms with E-state index in [1.54, 1.807) is 18.2 Å². The van der Waals surface area contributed by atoms with Crippen LogP contribution >= 0.6 is 0 Å². The predicted octanol–water partition coefficient (Wildman–Crippen LogP) is 3.87. The number of benzene rings is 2. The van der Waals surface area contributed by atoms with Crippen LogP contribution in [0.3, 0.4) is 0 Å². The van der Waals surface area contributed by atoms with Crippen molar-refractivity contribution in [3.05, 3.63) is 53.7 Å². The summed E-state index contributed by atoms with van der Waals surface area (Å²) in [5.41, 5.74) is 0.462. The number of alkyl halides is 3. The van der Waals surface area contributed by atoms with Gasteiger partial charge < -0.3 is 4.74 Å². The Morgan fingerprint density at radius 3 is 2.39 bits per heavy atom. The van der Waals surface area contributed by atoms with E-state index in [2.05, 4.69) is 5.10 Å². The molecule has 2 aromatic carbocycles. The van der Waals surface area contributed by atoms with Gasteiger partial charge in [0.25, 0.3) is 0 Å². The van der Waals surface area contributed by atoms with Crippen LogP contribution in [0.15, 0.2) is 42.5 Å².